The molecule has 1 aromatic carbocycles. The topological polar surface area (TPSA) is 345 Å². The number of likely N-dealkylation sites (tertiary alicyclic amines) is 1. The van der Waals surface area contributed by atoms with Gasteiger partial charge in [0.25, 0.3) is 11.7 Å². The van der Waals surface area contributed by atoms with Gasteiger partial charge in [-0.25, -0.2) is 36.2 Å². The van der Waals surface area contributed by atoms with E-state index in [0.29, 0.717) is 35.7 Å². The summed E-state index contributed by atoms with van der Waals surface area (Å²) >= 11 is 0. The molecule has 32 nitrogen and oxygen atoms in total. The molecule has 14 aromatic rings. The highest BCUT2D eigenvalue weighted by atomic mass is 16.5. The maximum atomic E-state index is 9.28. The van der Waals surface area contributed by atoms with E-state index in [1.807, 2.05) is 164 Å². The van der Waals surface area contributed by atoms with Crippen LogP contribution in [0.1, 0.15) is 54.6 Å². The molecular formula is C94H147N29O3. The third-order valence-corrected chi connectivity index (χ3v) is 24.3. The van der Waals surface area contributed by atoms with Crippen LogP contribution in [0.25, 0.3) is 33.1 Å². The number of likely N-dealkylation sites (N-methyl/N-ethyl adjacent to an activating group) is 2. The van der Waals surface area contributed by atoms with E-state index in [-0.39, 0.29) is 57.8 Å². The lowest BCUT2D eigenvalue weighted by Gasteiger charge is -2.35. The quantitative estimate of drug-likeness (QED) is 0.0175. The van der Waals surface area contributed by atoms with Gasteiger partial charge in [-0.2, -0.15) is 0 Å². The molecule has 0 radical (unpaired) electrons. The number of aliphatic hydroxyl groups is 2. The molecule has 1 unspecified atom stereocenters. The van der Waals surface area contributed by atoms with Crippen LogP contribution in [0.5, 0.6) is 5.88 Å². The Bertz CT molecular complexity index is 5770. The second kappa shape index (κ2) is 43.3. The van der Waals surface area contributed by atoms with Crippen LogP contribution in [0.2, 0.25) is 0 Å². The number of nitrogens with one attached hydrogen (secondary N) is 2. The smallest absolute Gasteiger partial charge is 0.270 e. The van der Waals surface area contributed by atoms with Gasteiger partial charge in [-0.1, -0.05) is 36.4 Å². The molecule has 0 amide bonds. The number of hydrogen-bond acceptors (Lipinski definition) is 19. The molecule has 0 bridgehead atoms. The Balaban J connectivity index is 0.000000206. The molecule has 4 aliphatic heterocycles. The Morgan fingerprint density at radius 2 is 1.01 bits per heavy atom. The summed E-state index contributed by atoms with van der Waals surface area (Å²) < 4.78 is 24.6. The number of fused-ring (bicyclic) bond motifs is 6. The molecule has 32 heteroatoms. The molecule has 4 fully saturated rings. The fraction of sp³-hybridized carbons (Fsp3) is 0.394. The van der Waals surface area contributed by atoms with Gasteiger partial charge in [0.2, 0.25) is 6.33 Å². The lowest BCUT2D eigenvalue weighted by atomic mass is 10.2. The normalized spacial score (nSPS) is 15.4. The second-order valence-electron chi connectivity index (χ2n) is 34.7. The fourth-order valence-corrected chi connectivity index (χ4v) is 16.3. The van der Waals surface area contributed by atoms with Gasteiger partial charge in [-0.05, 0) is 112 Å². The number of nitrogens with zero attached hydrogens (tertiary/aromatic N) is 21. The Kier molecular flexibility index (Phi) is 34.8. The largest absolute Gasteiger partial charge is 0.475 e. The van der Waals surface area contributed by atoms with Crippen molar-refractivity contribution in [3.05, 3.63) is 232 Å². The van der Waals surface area contributed by atoms with Gasteiger partial charge in [0.05, 0.1) is 188 Å². The predicted octanol–water partition coefficient (Wildman–Crippen LogP) is 9.83. The number of anilines is 11. The zero-order valence-corrected chi connectivity index (χ0v) is 78.6. The monoisotopic (exact) mass is 1730 g/mol. The Morgan fingerprint density at radius 3 is 1.52 bits per heavy atom. The van der Waals surface area contributed by atoms with Crippen LogP contribution in [0.4, 0.5) is 74.6 Å². The van der Waals surface area contributed by atoms with Crippen LogP contribution in [0, 0.1) is 72.3 Å². The number of nitrogens with two attached hydrogens (primary N) is 6. The van der Waals surface area contributed by atoms with Gasteiger partial charge in [0, 0.05) is 99.2 Å². The summed E-state index contributed by atoms with van der Waals surface area (Å²) in [5, 5.41) is 49.1. The van der Waals surface area contributed by atoms with Crippen molar-refractivity contribution in [3.63, 3.8) is 0 Å². The van der Waals surface area contributed by atoms with Gasteiger partial charge in [-0.15, -0.1) is 30.6 Å². The molecule has 18 rings (SSSR count). The van der Waals surface area contributed by atoms with Gasteiger partial charge >= 0.3 is 0 Å². The molecule has 17 heterocycles. The Hall–Kier alpha value is -11.9. The van der Waals surface area contributed by atoms with E-state index in [2.05, 4.69) is 159 Å². The molecule has 686 valence electrons. The van der Waals surface area contributed by atoms with E-state index < -0.39 is 0 Å². The van der Waals surface area contributed by atoms with E-state index in [1.165, 1.54) is 53.2 Å². The number of imidazole rings is 1. The van der Waals surface area contributed by atoms with Crippen molar-refractivity contribution in [1.82, 2.24) is 71.2 Å². The van der Waals surface area contributed by atoms with E-state index >= 15 is 0 Å². The molecule has 0 aliphatic carbocycles. The maximum Gasteiger partial charge on any atom is 0.270 e. The lowest BCUT2D eigenvalue weighted by Crippen LogP contribution is -3.15. The molecule has 16 N–H and O–H groups in total. The average Bonchev–Trinajstić information content (AvgIpc) is 1.60. The first kappa shape index (κ1) is 101. The molecule has 1 atom stereocenters. The van der Waals surface area contributed by atoms with E-state index in [9.17, 15) is 5.11 Å². The van der Waals surface area contributed by atoms with Gasteiger partial charge in [0.15, 0.2) is 23.3 Å². The molecule has 4 aliphatic rings. The van der Waals surface area contributed by atoms with Gasteiger partial charge < -0.3 is 128 Å². The van der Waals surface area contributed by atoms with Crippen molar-refractivity contribution >= 4 is 108 Å². The van der Waals surface area contributed by atoms with Crippen LogP contribution >= 0.6 is 0 Å². The van der Waals surface area contributed by atoms with Crippen LogP contribution in [-0.2, 0) is 13.6 Å². The number of aliphatic hydroxyl groups excluding tert-OH is 2. The fourth-order valence-electron chi connectivity index (χ4n) is 16.3. The Morgan fingerprint density at radius 1 is 0.508 bits per heavy atom. The average molecular weight is 1730 g/mol. The zero-order chi connectivity index (χ0) is 85.4. The summed E-state index contributed by atoms with van der Waals surface area (Å²) in [6, 6.07) is 40.7. The third kappa shape index (κ3) is 22.8. The zero-order valence-electron chi connectivity index (χ0n) is 78.6. The highest BCUT2D eigenvalue weighted by molar-refractivity contribution is 5.86. The highest BCUT2D eigenvalue weighted by Gasteiger charge is 2.38. The lowest BCUT2D eigenvalue weighted by molar-refractivity contribution is -0.912. The Labute approximate surface area is 747 Å². The molecule has 13 aromatic heterocycles. The van der Waals surface area contributed by atoms with Crippen LogP contribution < -0.4 is 77.6 Å². The summed E-state index contributed by atoms with van der Waals surface area (Å²) in [5.74, 6) is 4.95. The number of quaternary nitrogens is 5. The first-order valence-electron chi connectivity index (χ1n) is 42.0. The van der Waals surface area contributed by atoms with Crippen molar-refractivity contribution in [2.24, 2.45) is 7.05 Å². The van der Waals surface area contributed by atoms with E-state index in [0.717, 1.165) is 213 Å². The first-order chi connectivity index (χ1) is 57.4. The summed E-state index contributed by atoms with van der Waals surface area (Å²) in [5.41, 5.74) is 54.5. The standard InChI is InChI=1S/C17H28N5O.C16H20N5.C14H18N5O.C14H22N5.C14H21N4.C13H19N5O.6CH3/c1-12-5-6-15-16(18)17(19-21(15)13(12)2)20-8-7-14(11-20)22(3,4)9-10-23;1-21(2,3)13-9-7-12(8-10-13)18-16-15(17)14-6-4-5-11-20(14)19-16;1-17-8-9-18(11-17)6-4-10-20-14-13(15)12-5-2-3-7-19(12)16-14;1-19(2)10-5-7-17(9-11-19)14-13(15)12-6-3-4-8-18(12)16-14;1-10-6-7-12-13(15)14(16-17(12)11(10)2)18(3)8-4-5-9-18;14-12-11-3-1-2-4-18(11)15-13(12)17-7-5-16(6-8-17)9-10-19;;;;;;/h5-6,14,23H,7-11,18H2,1-4H3;4-11H,17H2,1-3H3,(H,18,19);2-3,5,7-9,11H,4,6,10,15H2,1H3;3-4,6,8H,5,7,9-11,15H2,1-2H3;6-7H,4-5,8-9,15H2,1-3H3;1-4,19H,5-10,14H2;6*1H3/q5*+1;;6*-1/p+1. The number of aromatic nitrogens is 14. The van der Waals surface area contributed by atoms with Gasteiger partial charge in [0.1, 0.15) is 71.3 Å². The number of nitrogen functional groups attached to an aromatic ring is 6. The molecule has 0 saturated carbocycles. The third-order valence-electron chi connectivity index (χ3n) is 24.3. The van der Waals surface area contributed by atoms with Crippen molar-refractivity contribution in [3.8, 4) is 5.88 Å². The molecule has 0 spiro atoms. The van der Waals surface area contributed by atoms with Crippen LogP contribution in [-0.4, -0.2) is 255 Å². The molecular weight excluding hydrogens is 1580 g/mol. The van der Waals surface area contributed by atoms with Crippen molar-refractivity contribution < 1.29 is 33.4 Å². The van der Waals surface area contributed by atoms with E-state index in [4.69, 9.17) is 54.4 Å². The number of pyridine rings is 6. The minimum Gasteiger partial charge on any atom is -0.475 e. The number of aryl methyl sites for hydroxylation is 6. The summed E-state index contributed by atoms with van der Waals surface area (Å²) in [4.78, 5) is 8.30. The second-order valence-corrected chi connectivity index (χ2v) is 34.7. The van der Waals surface area contributed by atoms with Crippen LogP contribution in [0.15, 0.2) is 165 Å². The van der Waals surface area contributed by atoms with Gasteiger partial charge in [-0.3, -0.25) is 8.97 Å². The minimum atomic E-state index is 0. The van der Waals surface area contributed by atoms with Crippen molar-refractivity contribution in [2.45, 2.75) is 72.4 Å². The van der Waals surface area contributed by atoms with Crippen LogP contribution in [0.3, 0.4) is 0 Å². The SMILES string of the molecule is C[N+](C)(C)c1ccc(Nc2nn3ccccc3c2N)cc1.C[N+]1(C)CCCN(c2nn3ccccc3c2N)CC1.C[n+]1ccn(CCCOc2nn3ccccc3c2N)c1.Cc1ccc2c(N)c(N3CCC([N+](C)(C)CCO)C3)nn2c1C.Cc1ccc2c(N)c([N+]3(C)CCCC3)nn2c1C.Nc1c(N2CC[NH+](CCO)CC2)nn2ccccc12.[CH3-].[CH3-].[CH3-].[CH3-].[CH3-].[CH3-]. The number of ether oxygens (including phenoxy) is 1. The van der Waals surface area contributed by atoms with Crippen molar-refractivity contribution in [1.29, 1.82) is 0 Å². The number of piperazine rings is 1. The molecule has 4 saturated heterocycles. The molecule has 126 heavy (non-hydrogen) atoms. The van der Waals surface area contributed by atoms with E-state index in [1.54, 1.807) is 9.03 Å². The number of hydrogen-bond donors (Lipinski definition) is 10. The predicted molar refractivity (Wildman–Crippen MR) is 525 cm³/mol. The highest BCUT2D eigenvalue weighted by Crippen LogP contribution is 2.37. The summed E-state index contributed by atoms with van der Waals surface area (Å²) in [7, 11) is 19.6. The number of benzene rings is 1. The maximum absolute atomic E-state index is 9.28. The number of rotatable bonds is 17. The summed E-state index contributed by atoms with van der Waals surface area (Å²) in [6.45, 7) is 24.4. The summed E-state index contributed by atoms with van der Waals surface area (Å²) in [6.07, 6.45) is 19.4. The minimum absolute atomic E-state index is 0. The van der Waals surface area contributed by atoms with Crippen molar-refractivity contribution in [2.75, 3.05) is 222 Å². The first-order valence-corrected chi connectivity index (χ1v) is 42.0.